The van der Waals surface area contributed by atoms with Crippen LogP contribution >= 0.6 is 0 Å². The van der Waals surface area contributed by atoms with Crippen molar-refractivity contribution in [1.29, 1.82) is 0 Å². The first-order valence-electron chi connectivity index (χ1n) is 9.00. The Morgan fingerprint density at radius 1 is 1.31 bits per heavy atom. The van der Waals surface area contributed by atoms with Crippen LogP contribution in [0.3, 0.4) is 0 Å². The lowest BCUT2D eigenvalue weighted by atomic mass is 9.89. The smallest absolute Gasteiger partial charge is 0.229 e. The van der Waals surface area contributed by atoms with Gasteiger partial charge in [-0.2, -0.15) is 0 Å². The molecule has 4 heterocycles. The van der Waals surface area contributed by atoms with Gasteiger partial charge in [-0.25, -0.2) is 15.0 Å². The lowest BCUT2D eigenvalue weighted by Gasteiger charge is -2.32. The molecule has 1 aliphatic rings. The molecular weight excluding hydrogens is 332 g/mol. The fourth-order valence-corrected chi connectivity index (χ4v) is 3.54. The van der Waals surface area contributed by atoms with Crippen molar-refractivity contribution in [1.82, 2.24) is 15.0 Å². The van der Waals surface area contributed by atoms with Crippen molar-refractivity contribution in [3.8, 4) is 0 Å². The molecule has 0 radical (unpaired) electrons. The zero-order valence-corrected chi connectivity index (χ0v) is 15.6. The van der Waals surface area contributed by atoms with Crippen LogP contribution in [0.2, 0.25) is 0 Å². The van der Waals surface area contributed by atoms with Gasteiger partial charge in [-0.15, -0.1) is 0 Å². The second-order valence-electron chi connectivity index (χ2n) is 7.49. The number of hydrogen-bond donors (Lipinski definition) is 2. The lowest BCUT2D eigenvalue weighted by Crippen LogP contribution is -2.32. The number of nitrogens with one attached hydrogen (secondary N) is 1. The molecule has 26 heavy (non-hydrogen) atoms. The highest BCUT2D eigenvalue weighted by Gasteiger charge is 2.31. The van der Waals surface area contributed by atoms with E-state index < -0.39 is 0 Å². The number of aliphatic hydroxyl groups is 1. The lowest BCUT2D eigenvalue weighted by molar-refractivity contribution is -0.0400. The molecule has 0 saturated heterocycles. The number of nitrogens with zero attached hydrogens (tertiary/aromatic N) is 3. The quantitative estimate of drug-likeness (QED) is 0.742. The maximum atomic E-state index is 9.49. The number of fused-ring (bicyclic) bond motifs is 5. The van der Waals surface area contributed by atoms with Gasteiger partial charge in [0.05, 0.1) is 30.2 Å². The number of pyridine rings is 1. The molecule has 1 atom stereocenters. The molecule has 3 aromatic rings. The van der Waals surface area contributed by atoms with Crippen molar-refractivity contribution in [2.24, 2.45) is 0 Å². The van der Waals surface area contributed by atoms with Crippen LogP contribution in [0, 0.1) is 6.92 Å². The van der Waals surface area contributed by atoms with Gasteiger partial charge in [0.25, 0.3) is 0 Å². The minimum atomic E-state index is -0.240. The van der Waals surface area contributed by atoms with E-state index in [1.165, 1.54) is 11.9 Å². The van der Waals surface area contributed by atoms with E-state index in [1.807, 2.05) is 13.8 Å². The van der Waals surface area contributed by atoms with Gasteiger partial charge >= 0.3 is 0 Å². The van der Waals surface area contributed by atoms with Gasteiger partial charge in [0.15, 0.2) is 11.4 Å². The largest absolute Gasteiger partial charge is 0.432 e. The van der Waals surface area contributed by atoms with Gasteiger partial charge < -0.3 is 19.6 Å². The highest BCUT2D eigenvalue weighted by Crippen LogP contribution is 2.39. The summed E-state index contributed by atoms with van der Waals surface area (Å²) >= 11 is 0. The predicted molar refractivity (Wildman–Crippen MR) is 99.2 cm³/mol. The maximum absolute atomic E-state index is 9.49. The fourth-order valence-electron chi connectivity index (χ4n) is 3.54. The zero-order valence-electron chi connectivity index (χ0n) is 15.6. The van der Waals surface area contributed by atoms with Crippen molar-refractivity contribution in [2.45, 2.75) is 58.8 Å². The Balaban J connectivity index is 1.96. The average molecular weight is 356 g/mol. The molecule has 138 valence electrons. The van der Waals surface area contributed by atoms with E-state index in [9.17, 15) is 5.11 Å². The van der Waals surface area contributed by atoms with Crippen molar-refractivity contribution >= 4 is 28.0 Å². The first-order chi connectivity index (χ1) is 12.4. The summed E-state index contributed by atoms with van der Waals surface area (Å²) in [6, 6.07) is -0.0859. The topological polar surface area (TPSA) is 93.3 Å². The number of aryl methyl sites for hydroxylation is 1. The van der Waals surface area contributed by atoms with Crippen molar-refractivity contribution in [2.75, 3.05) is 11.9 Å². The van der Waals surface area contributed by atoms with Crippen molar-refractivity contribution < 1.29 is 14.3 Å². The second-order valence-corrected chi connectivity index (χ2v) is 7.49. The molecular formula is C19H24N4O3. The van der Waals surface area contributed by atoms with Crippen LogP contribution < -0.4 is 5.32 Å². The molecule has 3 aromatic heterocycles. The van der Waals surface area contributed by atoms with E-state index in [1.54, 1.807) is 0 Å². The summed E-state index contributed by atoms with van der Waals surface area (Å²) in [5, 5.41) is 13.7. The fraction of sp³-hybridized carbons (Fsp3) is 0.526. The Morgan fingerprint density at radius 2 is 2.12 bits per heavy atom. The molecule has 0 saturated carbocycles. The first-order valence-corrected chi connectivity index (χ1v) is 9.00. The normalized spacial score (nSPS) is 17.4. The predicted octanol–water partition coefficient (Wildman–Crippen LogP) is 3.11. The van der Waals surface area contributed by atoms with E-state index in [4.69, 9.17) is 9.15 Å². The number of anilines is 1. The molecule has 1 aliphatic heterocycles. The number of aliphatic hydroxyl groups excluding tert-OH is 1. The van der Waals surface area contributed by atoms with Crippen LogP contribution in [-0.4, -0.2) is 38.3 Å². The first kappa shape index (κ1) is 17.2. The molecule has 0 aromatic carbocycles. The summed E-state index contributed by atoms with van der Waals surface area (Å²) in [5.74, 6) is 0.589. The molecule has 7 heteroatoms. The summed E-state index contributed by atoms with van der Waals surface area (Å²) < 4.78 is 12.0. The second kappa shape index (κ2) is 6.17. The zero-order chi connectivity index (χ0) is 18.5. The molecule has 0 spiro atoms. The number of furan rings is 1. The van der Waals surface area contributed by atoms with Crippen LogP contribution in [0.4, 0.5) is 5.82 Å². The summed E-state index contributed by atoms with van der Waals surface area (Å²) in [6.07, 6.45) is 3.08. The highest BCUT2D eigenvalue weighted by atomic mass is 16.5. The Morgan fingerprint density at radius 3 is 2.85 bits per heavy atom. The SMILES string of the molecule is CCC(CO)Nc1ncnc2c1oc1nc(C)c3c(c12)CC(C)(C)OC3. The van der Waals surface area contributed by atoms with Crippen LogP contribution in [0.15, 0.2) is 10.7 Å². The maximum Gasteiger partial charge on any atom is 0.229 e. The third kappa shape index (κ3) is 2.71. The van der Waals surface area contributed by atoms with Crippen LogP contribution in [-0.2, 0) is 17.8 Å². The molecule has 4 rings (SSSR count). The Kier molecular flexibility index (Phi) is 4.08. The van der Waals surface area contributed by atoms with E-state index in [0.717, 1.165) is 35.0 Å². The summed E-state index contributed by atoms with van der Waals surface area (Å²) in [4.78, 5) is 13.5. The molecule has 0 amide bonds. The number of hydrogen-bond acceptors (Lipinski definition) is 7. The summed E-state index contributed by atoms with van der Waals surface area (Å²) in [7, 11) is 0. The highest BCUT2D eigenvalue weighted by molar-refractivity contribution is 6.06. The third-order valence-corrected chi connectivity index (χ3v) is 5.09. The Hall–Kier alpha value is -2.25. The monoisotopic (exact) mass is 356 g/mol. The van der Waals surface area contributed by atoms with E-state index >= 15 is 0 Å². The van der Waals surface area contributed by atoms with Crippen LogP contribution in [0.25, 0.3) is 22.2 Å². The van der Waals surface area contributed by atoms with Crippen LogP contribution in [0.1, 0.15) is 44.0 Å². The van der Waals surface area contributed by atoms with E-state index in [-0.39, 0.29) is 18.2 Å². The summed E-state index contributed by atoms with van der Waals surface area (Å²) in [6.45, 7) is 8.75. The Bertz CT molecular complexity index is 976. The number of aromatic nitrogens is 3. The summed E-state index contributed by atoms with van der Waals surface area (Å²) in [5.41, 5.74) is 4.91. The van der Waals surface area contributed by atoms with Gasteiger partial charge in [0, 0.05) is 17.7 Å². The number of rotatable bonds is 4. The van der Waals surface area contributed by atoms with Gasteiger partial charge in [-0.3, -0.25) is 0 Å². The molecule has 0 fully saturated rings. The number of ether oxygens (including phenoxy) is 1. The third-order valence-electron chi connectivity index (χ3n) is 5.09. The van der Waals surface area contributed by atoms with Gasteiger partial charge in [0.2, 0.25) is 5.71 Å². The minimum Gasteiger partial charge on any atom is -0.432 e. The van der Waals surface area contributed by atoms with E-state index in [2.05, 4.69) is 34.1 Å². The van der Waals surface area contributed by atoms with E-state index in [0.29, 0.717) is 23.7 Å². The van der Waals surface area contributed by atoms with Gasteiger partial charge in [-0.05, 0) is 32.8 Å². The standard InChI is InChI=1S/C19H24N4O3/c1-5-11(7-24)23-17-16-15(20-9-21-17)14-12-6-19(3,4)25-8-13(12)10(2)22-18(14)26-16/h9,11,24H,5-8H2,1-4H3,(H,20,21,23). The average Bonchev–Trinajstić information content (AvgIpc) is 2.97. The van der Waals surface area contributed by atoms with Gasteiger partial charge in [-0.1, -0.05) is 6.92 Å². The molecule has 2 N–H and O–H groups in total. The molecule has 0 bridgehead atoms. The van der Waals surface area contributed by atoms with Crippen LogP contribution in [0.5, 0.6) is 0 Å². The van der Waals surface area contributed by atoms with Crippen molar-refractivity contribution in [3.05, 3.63) is 23.1 Å². The Labute approximate surface area is 151 Å². The molecule has 1 unspecified atom stereocenters. The molecule has 0 aliphatic carbocycles. The van der Waals surface area contributed by atoms with Crippen molar-refractivity contribution in [3.63, 3.8) is 0 Å². The molecule has 7 nitrogen and oxygen atoms in total. The minimum absolute atomic E-state index is 0.0283. The van der Waals surface area contributed by atoms with Gasteiger partial charge in [0.1, 0.15) is 11.8 Å².